The van der Waals surface area contributed by atoms with E-state index >= 15 is 0 Å². The number of ether oxygens (including phenoxy) is 3. The van der Waals surface area contributed by atoms with E-state index in [-0.39, 0.29) is 17.9 Å². The molecule has 0 radical (unpaired) electrons. The summed E-state index contributed by atoms with van der Waals surface area (Å²) in [5.41, 5.74) is 0.802. The highest BCUT2D eigenvalue weighted by Crippen LogP contribution is 2.36. The lowest BCUT2D eigenvalue weighted by molar-refractivity contribution is -0.125. The zero-order valence-electron chi connectivity index (χ0n) is 12.9. The largest absolute Gasteiger partial charge is 0.454 e. The number of imide groups is 1. The number of morpholine rings is 1. The Kier molecular flexibility index (Phi) is 4.17. The first-order chi connectivity index (χ1) is 11.7. The summed E-state index contributed by atoms with van der Waals surface area (Å²) in [5.74, 6) is 1.08. The van der Waals surface area contributed by atoms with Gasteiger partial charge in [-0.25, -0.2) is 0 Å². The summed E-state index contributed by atoms with van der Waals surface area (Å²) >= 11 is 0.967. The van der Waals surface area contributed by atoms with E-state index in [0.29, 0.717) is 36.3 Å². The molecule has 2 saturated heterocycles. The van der Waals surface area contributed by atoms with Gasteiger partial charge in [-0.05, 0) is 35.5 Å². The summed E-state index contributed by atoms with van der Waals surface area (Å²) in [6.45, 7) is 3.22. The van der Waals surface area contributed by atoms with E-state index in [1.165, 1.54) is 4.90 Å². The molecule has 3 aliphatic rings. The van der Waals surface area contributed by atoms with Crippen LogP contribution in [0.2, 0.25) is 0 Å². The smallest absolute Gasteiger partial charge is 0.294 e. The average molecular weight is 348 g/mol. The monoisotopic (exact) mass is 348 g/mol. The number of fused-ring (bicyclic) bond motifs is 1. The summed E-state index contributed by atoms with van der Waals surface area (Å²) in [4.78, 5) is 28.5. The van der Waals surface area contributed by atoms with Crippen LogP contribution in [0.3, 0.4) is 0 Å². The zero-order valence-corrected chi connectivity index (χ0v) is 13.7. The van der Waals surface area contributed by atoms with Gasteiger partial charge in [0.1, 0.15) is 0 Å². The van der Waals surface area contributed by atoms with Gasteiger partial charge < -0.3 is 14.2 Å². The van der Waals surface area contributed by atoms with Crippen molar-refractivity contribution in [2.75, 3.05) is 39.8 Å². The van der Waals surface area contributed by atoms with Crippen LogP contribution in [0.4, 0.5) is 4.79 Å². The quantitative estimate of drug-likeness (QED) is 0.771. The first-order valence-corrected chi connectivity index (χ1v) is 8.47. The molecule has 2 amide bonds. The van der Waals surface area contributed by atoms with E-state index in [2.05, 4.69) is 0 Å². The molecule has 0 bridgehead atoms. The van der Waals surface area contributed by atoms with E-state index < -0.39 is 0 Å². The lowest BCUT2D eigenvalue weighted by Gasteiger charge is -2.29. The van der Waals surface area contributed by atoms with Gasteiger partial charge in [0.05, 0.1) is 24.8 Å². The minimum atomic E-state index is -0.255. The molecule has 126 valence electrons. The predicted octanol–water partition coefficient (Wildman–Crippen LogP) is 1.74. The molecule has 1 aromatic rings. The van der Waals surface area contributed by atoms with E-state index in [4.69, 9.17) is 14.2 Å². The molecular weight excluding hydrogens is 332 g/mol. The van der Waals surface area contributed by atoms with Crippen LogP contribution in [0.25, 0.3) is 6.08 Å². The molecule has 3 aliphatic heterocycles. The van der Waals surface area contributed by atoms with Crippen LogP contribution in [-0.4, -0.2) is 60.7 Å². The fraction of sp³-hybridized carbons (Fsp3) is 0.375. The van der Waals surface area contributed by atoms with Crippen LogP contribution >= 0.6 is 11.8 Å². The van der Waals surface area contributed by atoms with Crippen molar-refractivity contribution in [3.05, 3.63) is 28.7 Å². The number of thioether (sulfide) groups is 1. The van der Waals surface area contributed by atoms with Crippen LogP contribution in [0, 0.1) is 0 Å². The molecule has 24 heavy (non-hydrogen) atoms. The molecular formula is C16H16N2O5S. The third-order valence-electron chi connectivity index (χ3n) is 4.01. The highest BCUT2D eigenvalue weighted by Gasteiger charge is 2.36. The van der Waals surface area contributed by atoms with E-state index in [0.717, 1.165) is 30.4 Å². The summed E-state index contributed by atoms with van der Waals surface area (Å²) in [6.07, 6.45) is 1.71. The fourth-order valence-corrected chi connectivity index (χ4v) is 3.55. The van der Waals surface area contributed by atoms with Gasteiger partial charge in [0.2, 0.25) is 6.79 Å². The normalized spacial score (nSPS) is 22.7. The number of hydrogen-bond donors (Lipinski definition) is 0. The molecule has 0 atom stereocenters. The lowest BCUT2D eigenvalue weighted by atomic mass is 10.2. The molecule has 0 unspecified atom stereocenters. The molecule has 3 heterocycles. The van der Waals surface area contributed by atoms with E-state index in [1.807, 2.05) is 11.0 Å². The Hall–Kier alpha value is -2.03. The fourth-order valence-electron chi connectivity index (χ4n) is 2.72. The second kappa shape index (κ2) is 6.46. The number of rotatable bonds is 3. The molecule has 7 nitrogen and oxygen atoms in total. The van der Waals surface area contributed by atoms with E-state index in [9.17, 15) is 9.59 Å². The number of nitrogens with zero attached hydrogens (tertiary/aromatic N) is 2. The Morgan fingerprint density at radius 2 is 1.92 bits per heavy atom. The van der Waals surface area contributed by atoms with Gasteiger partial charge in [0.25, 0.3) is 11.1 Å². The molecule has 8 heteroatoms. The molecule has 0 aromatic heterocycles. The van der Waals surface area contributed by atoms with Crippen molar-refractivity contribution in [2.24, 2.45) is 0 Å². The van der Waals surface area contributed by atoms with Gasteiger partial charge in [0, 0.05) is 13.1 Å². The maximum Gasteiger partial charge on any atom is 0.294 e. The van der Waals surface area contributed by atoms with Crippen molar-refractivity contribution in [3.8, 4) is 11.5 Å². The average Bonchev–Trinajstić information content (AvgIpc) is 3.16. The number of hydrogen-bond acceptors (Lipinski definition) is 7. The topological polar surface area (TPSA) is 68.3 Å². The number of amides is 2. The Morgan fingerprint density at radius 3 is 2.75 bits per heavy atom. The van der Waals surface area contributed by atoms with Crippen molar-refractivity contribution >= 4 is 29.0 Å². The van der Waals surface area contributed by atoms with Crippen LogP contribution < -0.4 is 9.47 Å². The Labute approximate surface area is 143 Å². The molecule has 0 saturated carbocycles. The maximum absolute atomic E-state index is 12.5. The zero-order chi connectivity index (χ0) is 16.5. The Balaban J connectivity index is 1.50. The molecule has 4 rings (SSSR count). The lowest BCUT2D eigenvalue weighted by Crippen LogP contribution is -2.45. The Morgan fingerprint density at radius 1 is 1.12 bits per heavy atom. The summed E-state index contributed by atoms with van der Waals surface area (Å²) in [5, 5.41) is -0.238. The van der Waals surface area contributed by atoms with Gasteiger partial charge in [-0.3, -0.25) is 19.4 Å². The van der Waals surface area contributed by atoms with Crippen LogP contribution in [0.1, 0.15) is 5.56 Å². The van der Waals surface area contributed by atoms with Gasteiger partial charge in [-0.1, -0.05) is 6.07 Å². The van der Waals surface area contributed by atoms with Crippen molar-refractivity contribution in [2.45, 2.75) is 0 Å². The van der Waals surface area contributed by atoms with Crippen molar-refractivity contribution in [3.63, 3.8) is 0 Å². The second-order valence-corrected chi connectivity index (χ2v) is 6.59. The van der Waals surface area contributed by atoms with E-state index in [1.54, 1.807) is 18.2 Å². The van der Waals surface area contributed by atoms with Crippen LogP contribution in [-0.2, 0) is 9.53 Å². The molecule has 0 aliphatic carbocycles. The van der Waals surface area contributed by atoms with Gasteiger partial charge in [-0.15, -0.1) is 0 Å². The maximum atomic E-state index is 12.5. The third-order valence-corrected chi connectivity index (χ3v) is 4.92. The van der Waals surface area contributed by atoms with Crippen molar-refractivity contribution in [1.29, 1.82) is 0 Å². The number of carbonyl (C=O) groups is 2. The van der Waals surface area contributed by atoms with Crippen molar-refractivity contribution in [1.82, 2.24) is 9.80 Å². The number of benzene rings is 1. The van der Waals surface area contributed by atoms with Crippen LogP contribution in [0.15, 0.2) is 23.1 Å². The number of carbonyl (C=O) groups excluding carboxylic acids is 2. The standard InChI is InChI=1S/C16H16N2O5S/c19-15-14(8-11-1-2-12-13(7-11)23-10-22-12)24-16(20)18(15)9-17-3-5-21-6-4-17/h1-2,7-8H,3-6,9-10H2. The molecule has 1 aromatic carbocycles. The first-order valence-electron chi connectivity index (χ1n) is 7.66. The van der Waals surface area contributed by atoms with Gasteiger partial charge >= 0.3 is 0 Å². The summed E-state index contributed by atoms with van der Waals surface area (Å²) in [6, 6.07) is 5.44. The highest BCUT2D eigenvalue weighted by molar-refractivity contribution is 8.18. The van der Waals surface area contributed by atoms with Crippen molar-refractivity contribution < 1.29 is 23.8 Å². The van der Waals surface area contributed by atoms with Crippen LogP contribution in [0.5, 0.6) is 11.5 Å². The molecule has 0 spiro atoms. The molecule has 0 N–H and O–H groups in total. The Bertz CT molecular complexity index is 714. The first kappa shape index (κ1) is 15.5. The third kappa shape index (κ3) is 3.00. The van der Waals surface area contributed by atoms with Gasteiger partial charge in [-0.2, -0.15) is 0 Å². The summed E-state index contributed by atoms with van der Waals surface area (Å²) in [7, 11) is 0. The SMILES string of the molecule is O=C1SC(=Cc2ccc3c(c2)OCO3)C(=O)N1CN1CCOCC1. The van der Waals surface area contributed by atoms with Gasteiger partial charge in [0.15, 0.2) is 11.5 Å². The molecule has 2 fully saturated rings. The predicted molar refractivity (Wildman–Crippen MR) is 87.6 cm³/mol. The highest BCUT2D eigenvalue weighted by atomic mass is 32.2. The second-order valence-electron chi connectivity index (χ2n) is 5.59. The minimum absolute atomic E-state index is 0.203. The summed E-state index contributed by atoms with van der Waals surface area (Å²) < 4.78 is 15.9. The minimum Gasteiger partial charge on any atom is -0.454 e.